The quantitative estimate of drug-likeness (QED) is 0.885. The molecular formula is C17H21NO2. The fourth-order valence-electron chi connectivity index (χ4n) is 2.38. The summed E-state index contributed by atoms with van der Waals surface area (Å²) in [6.45, 7) is 6.66. The van der Waals surface area contributed by atoms with E-state index in [-0.39, 0.29) is 0 Å². The minimum absolute atomic E-state index is 0.319. The summed E-state index contributed by atoms with van der Waals surface area (Å²) in [5.74, 6) is 1.23. The molecule has 3 heteroatoms. The van der Waals surface area contributed by atoms with E-state index in [9.17, 15) is 5.11 Å². The molecule has 0 bridgehead atoms. The van der Waals surface area contributed by atoms with Gasteiger partial charge < -0.3 is 15.2 Å². The predicted octanol–water partition coefficient (Wildman–Crippen LogP) is 3.94. The van der Waals surface area contributed by atoms with Crippen LogP contribution in [0.5, 0.6) is 11.5 Å². The van der Waals surface area contributed by atoms with Crippen LogP contribution >= 0.6 is 0 Å². The molecule has 0 radical (unpaired) electrons. The zero-order valence-electron chi connectivity index (χ0n) is 12.4. The summed E-state index contributed by atoms with van der Waals surface area (Å²) >= 11 is 0. The fraction of sp³-hybridized carbons (Fsp3) is 0.294. The van der Waals surface area contributed by atoms with Crippen molar-refractivity contribution in [1.29, 1.82) is 0 Å². The van der Waals surface area contributed by atoms with Crippen molar-refractivity contribution in [2.24, 2.45) is 0 Å². The lowest BCUT2D eigenvalue weighted by atomic mass is 10.1. The van der Waals surface area contributed by atoms with Crippen LogP contribution in [-0.2, 0) is 6.54 Å². The molecule has 0 aliphatic heterocycles. The first kappa shape index (κ1) is 14.3. The normalized spacial score (nSPS) is 10.4. The first-order valence-corrected chi connectivity index (χ1v) is 6.69. The van der Waals surface area contributed by atoms with Gasteiger partial charge in [-0.05, 0) is 38.5 Å². The average molecular weight is 271 g/mol. The number of hydrogen-bond acceptors (Lipinski definition) is 3. The third-order valence-corrected chi connectivity index (χ3v) is 3.51. The molecule has 0 aliphatic carbocycles. The summed E-state index contributed by atoms with van der Waals surface area (Å²) in [4.78, 5) is 0. The first-order valence-electron chi connectivity index (χ1n) is 6.69. The summed E-state index contributed by atoms with van der Waals surface area (Å²) in [6.07, 6.45) is 0. The van der Waals surface area contributed by atoms with Gasteiger partial charge in [0.05, 0.1) is 7.11 Å². The Kier molecular flexibility index (Phi) is 4.18. The SMILES string of the molecule is COc1c(C)ccc(NCc2cc(C)ccc2O)c1C. The third-order valence-electron chi connectivity index (χ3n) is 3.51. The van der Waals surface area contributed by atoms with E-state index in [4.69, 9.17) is 4.74 Å². The zero-order valence-corrected chi connectivity index (χ0v) is 12.4. The summed E-state index contributed by atoms with van der Waals surface area (Å²) in [6, 6.07) is 9.70. The number of rotatable bonds is 4. The molecule has 20 heavy (non-hydrogen) atoms. The highest BCUT2D eigenvalue weighted by atomic mass is 16.5. The monoisotopic (exact) mass is 271 g/mol. The van der Waals surface area contributed by atoms with E-state index in [2.05, 4.69) is 5.32 Å². The van der Waals surface area contributed by atoms with Gasteiger partial charge in [0.25, 0.3) is 0 Å². The predicted molar refractivity (Wildman–Crippen MR) is 82.6 cm³/mol. The number of anilines is 1. The number of benzene rings is 2. The molecule has 0 unspecified atom stereocenters. The van der Waals surface area contributed by atoms with Crippen molar-refractivity contribution < 1.29 is 9.84 Å². The van der Waals surface area contributed by atoms with Crippen LogP contribution in [0.3, 0.4) is 0 Å². The Bertz CT molecular complexity index is 621. The molecule has 2 aromatic carbocycles. The van der Waals surface area contributed by atoms with E-state index in [1.54, 1.807) is 13.2 Å². The van der Waals surface area contributed by atoms with Crippen LogP contribution < -0.4 is 10.1 Å². The van der Waals surface area contributed by atoms with Crippen molar-refractivity contribution in [2.45, 2.75) is 27.3 Å². The third kappa shape index (κ3) is 2.87. The maximum atomic E-state index is 9.86. The van der Waals surface area contributed by atoms with Crippen molar-refractivity contribution >= 4 is 5.69 Å². The molecular weight excluding hydrogens is 250 g/mol. The van der Waals surface area contributed by atoms with Crippen LogP contribution in [0.2, 0.25) is 0 Å². The fourth-order valence-corrected chi connectivity index (χ4v) is 2.38. The number of phenols is 1. The maximum Gasteiger partial charge on any atom is 0.126 e. The second kappa shape index (κ2) is 5.87. The Morgan fingerprint density at radius 3 is 2.55 bits per heavy atom. The largest absolute Gasteiger partial charge is 0.508 e. The number of hydrogen-bond donors (Lipinski definition) is 2. The van der Waals surface area contributed by atoms with Gasteiger partial charge in [-0.25, -0.2) is 0 Å². The molecule has 0 heterocycles. The van der Waals surface area contributed by atoms with Crippen molar-refractivity contribution in [3.63, 3.8) is 0 Å². The molecule has 106 valence electrons. The van der Waals surface area contributed by atoms with Gasteiger partial charge >= 0.3 is 0 Å². The number of aryl methyl sites for hydroxylation is 2. The first-order chi connectivity index (χ1) is 9.52. The van der Waals surface area contributed by atoms with Crippen LogP contribution in [0.25, 0.3) is 0 Å². The van der Waals surface area contributed by atoms with Gasteiger partial charge in [-0.15, -0.1) is 0 Å². The van der Waals surface area contributed by atoms with E-state index in [0.717, 1.165) is 33.7 Å². The van der Waals surface area contributed by atoms with E-state index >= 15 is 0 Å². The number of phenolic OH excluding ortho intramolecular Hbond substituents is 1. The minimum Gasteiger partial charge on any atom is -0.508 e. The van der Waals surface area contributed by atoms with Gasteiger partial charge in [-0.3, -0.25) is 0 Å². The Morgan fingerprint density at radius 2 is 1.85 bits per heavy atom. The van der Waals surface area contributed by atoms with Gasteiger partial charge in [-0.2, -0.15) is 0 Å². The molecule has 2 aromatic rings. The molecule has 0 spiro atoms. The minimum atomic E-state index is 0.319. The number of ether oxygens (including phenoxy) is 1. The molecule has 0 aromatic heterocycles. The van der Waals surface area contributed by atoms with Crippen LogP contribution in [0.4, 0.5) is 5.69 Å². The zero-order chi connectivity index (χ0) is 14.7. The van der Waals surface area contributed by atoms with Crippen molar-refractivity contribution in [3.05, 3.63) is 52.6 Å². The van der Waals surface area contributed by atoms with Gasteiger partial charge in [0.1, 0.15) is 11.5 Å². The highest BCUT2D eigenvalue weighted by Gasteiger charge is 2.08. The molecule has 3 nitrogen and oxygen atoms in total. The summed E-state index contributed by atoms with van der Waals surface area (Å²) in [5.41, 5.74) is 5.25. The molecule has 0 saturated carbocycles. The lowest BCUT2D eigenvalue weighted by Gasteiger charge is -2.15. The number of methoxy groups -OCH3 is 1. The topological polar surface area (TPSA) is 41.5 Å². The summed E-state index contributed by atoms with van der Waals surface area (Å²) in [7, 11) is 1.69. The van der Waals surface area contributed by atoms with E-state index < -0.39 is 0 Å². The van der Waals surface area contributed by atoms with Gasteiger partial charge in [0.15, 0.2) is 0 Å². The Balaban J connectivity index is 2.21. The van der Waals surface area contributed by atoms with Crippen molar-refractivity contribution in [3.8, 4) is 11.5 Å². The lowest BCUT2D eigenvalue weighted by Crippen LogP contribution is -2.03. The average Bonchev–Trinajstić information content (AvgIpc) is 2.42. The Hall–Kier alpha value is -2.16. The van der Waals surface area contributed by atoms with Crippen LogP contribution in [0.15, 0.2) is 30.3 Å². The van der Waals surface area contributed by atoms with Crippen LogP contribution in [-0.4, -0.2) is 12.2 Å². The van der Waals surface area contributed by atoms with Gasteiger partial charge in [-0.1, -0.05) is 23.8 Å². The molecule has 0 aliphatic rings. The van der Waals surface area contributed by atoms with Crippen LogP contribution in [0, 0.1) is 20.8 Å². The molecule has 0 fully saturated rings. The van der Waals surface area contributed by atoms with Gasteiger partial charge in [0.2, 0.25) is 0 Å². The summed E-state index contributed by atoms with van der Waals surface area (Å²) < 4.78 is 5.42. The Morgan fingerprint density at radius 1 is 1.10 bits per heavy atom. The number of nitrogens with one attached hydrogen (secondary N) is 1. The van der Waals surface area contributed by atoms with Crippen molar-refractivity contribution in [1.82, 2.24) is 0 Å². The summed E-state index contributed by atoms with van der Waals surface area (Å²) in [5, 5.41) is 13.2. The second-order valence-corrected chi connectivity index (χ2v) is 5.07. The second-order valence-electron chi connectivity index (χ2n) is 5.07. The maximum absolute atomic E-state index is 9.86. The van der Waals surface area contributed by atoms with Crippen LogP contribution in [0.1, 0.15) is 22.3 Å². The highest BCUT2D eigenvalue weighted by molar-refractivity contribution is 5.60. The van der Waals surface area contributed by atoms with Gasteiger partial charge in [0, 0.05) is 23.4 Å². The number of aromatic hydroxyl groups is 1. The van der Waals surface area contributed by atoms with Crippen molar-refractivity contribution in [2.75, 3.05) is 12.4 Å². The molecule has 0 saturated heterocycles. The lowest BCUT2D eigenvalue weighted by molar-refractivity contribution is 0.409. The smallest absolute Gasteiger partial charge is 0.126 e. The Labute approximate surface area is 120 Å². The highest BCUT2D eigenvalue weighted by Crippen LogP contribution is 2.30. The molecule has 0 amide bonds. The van der Waals surface area contributed by atoms with E-state index in [1.807, 2.05) is 45.0 Å². The molecule has 0 atom stereocenters. The van der Waals surface area contributed by atoms with E-state index in [0.29, 0.717) is 12.3 Å². The molecule has 2 rings (SSSR count). The van der Waals surface area contributed by atoms with E-state index in [1.165, 1.54) is 0 Å². The molecule has 2 N–H and O–H groups in total. The standard InChI is InChI=1S/C17H21NO2/c1-11-5-8-16(19)14(9-11)10-18-15-7-6-12(2)17(20-4)13(15)3/h5-9,18-19H,10H2,1-4H3.